The molecule has 0 spiro atoms. The van der Waals surface area contributed by atoms with Crippen molar-refractivity contribution in [2.24, 2.45) is 0 Å². The molecule has 2 aliphatic rings. The van der Waals surface area contributed by atoms with E-state index >= 15 is 0 Å². The zero-order valence-corrected chi connectivity index (χ0v) is 7.50. The second-order valence-electron chi connectivity index (χ2n) is 3.41. The number of fused-ring (bicyclic) bond motifs is 2. The Bertz CT molecular complexity index is 414. The van der Waals surface area contributed by atoms with E-state index in [1.807, 2.05) is 12.1 Å². The second kappa shape index (κ2) is 2.64. The van der Waals surface area contributed by atoms with Crippen LogP contribution in [0.15, 0.2) is 12.1 Å². The summed E-state index contributed by atoms with van der Waals surface area (Å²) in [6, 6.07) is 3.77. The Morgan fingerprint density at radius 2 is 1.93 bits per heavy atom. The SMILES string of the molecule is O=C1CCc2cc3c(cc2N1)OCO3. The fourth-order valence-electron chi connectivity index (χ4n) is 1.77. The standard InChI is InChI=1S/C10H9NO3/c12-10-2-1-6-3-8-9(14-5-13-8)4-7(6)11-10/h3-4H,1-2,5H2,(H,11,12). The monoisotopic (exact) mass is 191 g/mol. The van der Waals surface area contributed by atoms with Gasteiger partial charge in [-0.25, -0.2) is 0 Å². The van der Waals surface area contributed by atoms with Crippen molar-refractivity contribution in [2.45, 2.75) is 12.8 Å². The molecule has 3 rings (SSSR count). The molecule has 1 amide bonds. The van der Waals surface area contributed by atoms with Gasteiger partial charge in [-0.05, 0) is 18.1 Å². The third kappa shape index (κ3) is 1.04. The Morgan fingerprint density at radius 3 is 2.79 bits per heavy atom. The first-order chi connectivity index (χ1) is 6.83. The number of hydrogen-bond acceptors (Lipinski definition) is 3. The van der Waals surface area contributed by atoms with E-state index in [1.54, 1.807) is 0 Å². The highest BCUT2D eigenvalue weighted by Crippen LogP contribution is 2.38. The topological polar surface area (TPSA) is 47.6 Å². The number of aryl methyl sites for hydroxylation is 1. The van der Waals surface area contributed by atoms with E-state index < -0.39 is 0 Å². The maximum absolute atomic E-state index is 11.1. The van der Waals surface area contributed by atoms with E-state index in [9.17, 15) is 4.79 Å². The van der Waals surface area contributed by atoms with Crippen molar-refractivity contribution in [3.63, 3.8) is 0 Å². The summed E-state index contributed by atoms with van der Waals surface area (Å²) < 4.78 is 10.5. The molecule has 72 valence electrons. The van der Waals surface area contributed by atoms with Crippen LogP contribution in [0.2, 0.25) is 0 Å². The average molecular weight is 191 g/mol. The molecule has 0 aliphatic carbocycles. The minimum atomic E-state index is 0.0661. The van der Waals surface area contributed by atoms with Crippen LogP contribution in [0, 0.1) is 0 Å². The van der Waals surface area contributed by atoms with Crippen LogP contribution in [0.5, 0.6) is 11.5 Å². The molecular weight excluding hydrogens is 182 g/mol. The van der Waals surface area contributed by atoms with Gasteiger partial charge in [0.15, 0.2) is 11.5 Å². The Hall–Kier alpha value is -1.71. The number of rotatable bonds is 0. The molecule has 0 aromatic heterocycles. The summed E-state index contributed by atoms with van der Waals surface area (Å²) in [5.74, 6) is 1.56. The van der Waals surface area contributed by atoms with Crippen molar-refractivity contribution < 1.29 is 14.3 Å². The van der Waals surface area contributed by atoms with Crippen LogP contribution in [0.4, 0.5) is 5.69 Å². The number of carbonyl (C=O) groups excluding carboxylic acids is 1. The van der Waals surface area contributed by atoms with E-state index in [1.165, 1.54) is 0 Å². The number of carbonyl (C=O) groups is 1. The number of nitrogens with one attached hydrogen (secondary N) is 1. The minimum absolute atomic E-state index is 0.0661. The predicted octanol–water partition coefficient (Wildman–Crippen LogP) is 1.30. The summed E-state index contributed by atoms with van der Waals surface area (Å²) in [7, 11) is 0. The molecular formula is C10H9NO3. The summed E-state index contributed by atoms with van der Waals surface area (Å²) in [5, 5.41) is 2.82. The van der Waals surface area contributed by atoms with Gasteiger partial charge in [-0.3, -0.25) is 4.79 Å². The van der Waals surface area contributed by atoms with Crippen molar-refractivity contribution in [3.05, 3.63) is 17.7 Å². The highest BCUT2D eigenvalue weighted by Gasteiger charge is 2.21. The number of hydrogen-bond donors (Lipinski definition) is 1. The normalized spacial score (nSPS) is 17.6. The molecule has 4 nitrogen and oxygen atoms in total. The van der Waals surface area contributed by atoms with Gasteiger partial charge in [0.25, 0.3) is 0 Å². The van der Waals surface area contributed by atoms with Gasteiger partial charge in [-0.2, -0.15) is 0 Å². The molecule has 0 unspecified atom stereocenters. The van der Waals surface area contributed by atoms with Crippen LogP contribution in [0.25, 0.3) is 0 Å². The molecule has 2 aliphatic heterocycles. The third-order valence-corrected chi connectivity index (χ3v) is 2.49. The van der Waals surface area contributed by atoms with Crippen LogP contribution in [0.3, 0.4) is 0 Å². The fourth-order valence-corrected chi connectivity index (χ4v) is 1.77. The third-order valence-electron chi connectivity index (χ3n) is 2.49. The lowest BCUT2D eigenvalue weighted by atomic mass is 10.0. The van der Waals surface area contributed by atoms with Gasteiger partial charge >= 0.3 is 0 Å². The van der Waals surface area contributed by atoms with E-state index in [4.69, 9.17) is 9.47 Å². The molecule has 1 N–H and O–H groups in total. The Balaban J connectivity index is 2.10. The van der Waals surface area contributed by atoms with Crippen molar-refractivity contribution in [3.8, 4) is 11.5 Å². The van der Waals surface area contributed by atoms with E-state index in [0.29, 0.717) is 12.2 Å². The van der Waals surface area contributed by atoms with Crippen LogP contribution < -0.4 is 14.8 Å². The van der Waals surface area contributed by atoms with Crippen molar-refractivity contribution >= 4 is 11.6 Å². The van der Waals surface area contributed by atoms with E-state index in [0.717, 1.165) is 23.4 Å². The van der Waals surface area contributed by atoms with Gasteiger partial charge in [0.05, 0.1) is 0 Å². The summed E-state index contributed by atoms with van der Waals surface area (Å²) in [5.41, 5.74) is 1.97. The van der Waals surface area contributed by atoms with Crippen molar-refractivity contribution in [2.75, 3.05) is 12.1 Å². The van der Waals surface area contributed by atoms with Crippen LogP contribution in [-0.2, 0) is 11.2 Å². The van der Waals surface area contributed by atoms with Gasteiger partial charge in [0.1, 0.15) is 0 Å². The summed E-state index contributed by atoms with van der Waals surface area (Å²) >= 11 is 0. The molecule has 1 aromatic rings. The number of ether oxygens (including phenoxy) is 2. The lowest BCUT2D eigenvalue weighted by molar-refractivity contribution is -0.116. The average Bonchev–Trinajstić information content (AvgIpc) is 2.61. The molecule has 0 atom stereocenters. The smallest absolute Gasteiger partial charge is 0.231 e. The summed E-state index contributed by atoms with van der Waals surface area (Å²) in [6.07, 6.45) is 1.32. The summed E-state index contributed by atoms with van der Waals surface area (Å²) in [4.78, 5) is 11.1. The molecule has 0 radical (unpaired) electrons. The Morgan fingerprint density at radius 1 is 1.14 bits per heavy atom. The Labute approximate surface area is 80.8 Å². The minimum Gasteiger partial charge on any atom is -0.454 e. The molecule has 1 aromatic carbocycles. The van der Waals surface area contributed by atoms with E-state index in [2.05, 4.69) is 5.32 Å². The van der Waals surface area contributed by atoms with Crippen LogP contribution in [-0.4, -0.2) is 12.7 Å². The molecule has 0 saturated carbocycles. The maximum atomic E-state index is 11.1. The lowest BCUT2D eigenvalue weighted by Crippen LogP contribution is -2.18. The van der Waals surface area contributed by atoms with Gasteiger partial charge in [0.2, 0.25) is 12.7 Å². The zero-order valence-electron chi connectivity index (χ0n) is 7.50. The van der Waals surface area contributed by atoms with Crippen LogP contribution in [0.1, 0.15) is 12.0 Å². The molecule has 0 bridgehead atoms. The predicted molar refractivity (Wildman–Crippen MR) is 49.5 cm³/mol. The largest absolute Gasteiger partial charge is 0.454 e. The van der Waals surface area contributed by atoms with Gasteiger partial charge in [-0.1, -0.05) is 0 Å². The van der Waals surface area contributed by atoms with Crippen molar-refractivity contribution in [1.82, 2.24) is 0 Å². The number of anilines is 1. The van der Waals surface area contributed by atoms with Crippen LogP contribution >= 0.6 is 0 Å². The van der Waals surface area contributed by atoms with Gasteiger partial charge in [0, 0.05) is 18.2 Å². The van der Waals surface area contributed by atoms with E-state index in [-0.39, 0.29) is 12.7 Å². The highest BCUT2D eigenvalue weighted by atomic mass is 16.7. The zero-order chi connectivity index (χ0) is 9.54. The van der Waals surface area contributed by atoms with Crippen molar-refractivity contribution in [1.29, 1.82) is 0 Å². The van der Waals surface area contributed by atoms with Gasteiger partial charge in [-0.15, -0.1) is 0 Å². The first kappa shape index (κ1) is 7.67. The first-order valence-corrected chi connectivity index (χ1v) is 4.55. The number of amides is 1. The van der Waals surface area contributed by atoms with Gasteiger partial charge < -0.3 is 14.8 Å². The maximum Gasteiger partial charge on any atom is 0.231 e. The lowest BCUT2D eigenvalue weighted by Gasteiger charge is -2.16. The summed E-state index contributed by atoms with van der Waals surface area (Å²) in [6.45, 7) is 0.270. The first-order valence-electron chi connectivity index (χ1n) is 4.55. The Kier molecular flexibility index (Phi) is 1.45. The quantitative estimate of drug-likeness (QED) is 0.672. The second-order valence-corrected chi connectivity index (χ2v) is 3.41. The highest BCUT2D eigenvalue weighted by molar-refractivity contribution is 5.94. The fraction of sp³-hybridized carbons (Fsp3) is 0.300. The molecule has 14 heavy (non-hydrogen) atoms. The molecule has 2 heterocycles. The number of benzene rings is 1. The molecule has 0 fully saturated rings. The molecule has 4 heteroatoms. The molecule has 0 saturated heterocycles.